The smallest absolute Gasteiger partial charge is 0.335 e. The van der Waals surface area contributed by atoms with Crippen LogP contribution in [-0.2, 0) is 11.2 Å². The van der Waals surface area contributed by atoms with Crippen LogP contribution in [0, 0.1) is 0 Å². The number of guanidine groups is 1. The summed E-state index contributed by atoms with van der Waals surface area (Å²) >= 11 is 0. The van der Waals surface area contributed by atoms with Crippen molar-refractivity contribution in [3.05, 3.63) is 29.3 Å². The van der Waals surface area contributed by atoms with Gasteiger partial charge in [0.15, 0.2) is 5.96 Å². The van der Waals surface area contributed by atoms with Crippen molar-refractivity contribution in [1.29, 1.82) is 0 Å². The van der Waals surface area contributed by atoms with Crippen molar-refractivity contribution >= 4 is 11.9 Å². The fourth-order valence-electron chi connectivity index (χ4n) is 1.52. The highest BCUT2D eigenvalue weighted by Gasteiger charge is 2.10. The van der Waals surface area contributed by atoms with Gasteiger partial charge in [0.1, 0.15) is 5.75 Å². The molecule has 0 radical (unpaired) electrons. The number of hydrogen-bond acceptors (Lipinski definition) is 4. The molecule has 0 aromatic heterocycles. The summed E-state index contributed by atoms with van der Waals surface area (Å²) in [5.74, 6) is -0.999. The summed E-state index contributed by atoms with van der Waals surface area (Å²) in [7, 11) is 0. The number of carbonyl (C=O) groups is 1. The molecular formula is C12H17N3O4. The molecule has 0 aliphatic rings. The molecule has 0 atom stereocenters. The topological polar surface area (TPSA) is 131 Å². The zero-order valence-corrected chi connectivity index (χ0v) is 10.4. The Hall–Kier alpha value is -2.28. The average molecular weight is 267 g/mol. The third-order valence-electron chi connectivity index (χ3n) is 2.36. The molecule has 19 heavy (non-hydrogen) atoms. The fraction of sp³-hybridized carbons (Fsp3) is 0.333. The quantitative estimate of drug-likeness (QED) is 0.310. The van der Waals surface area contributed by atoms with Gasteiger partial charge < -0.3 is 26.4 Å². The number of nitrogens with two attached hydrogens (primary N) is 2. The maximum atomic E-state index is 11.0. The third-order valence-corrected chi connectivity index (χ3v) is 2.36. The summed E-state index contributed by atoms with van der Waals surface area (Å²) in [4.78, 5) is 14.7. The molecular weight excluding hydrogens is 250 g/mol. The first-order chi connectivity index (χ1) is 9.00. The Bertz CT molecular complexity index is 470. The van der Waals surface area contributed by atoms with Crippen LogP contribution in [0.2, 0.25) is 0 Å². The molecule has 0 unspecified atom stereocenters. The van der Waals surface area contributed by atoms with Crippen molar-refractivity contribution in [2.75, 3.05) is 19.8 Å². The Morgan fingerprint density at radius 1 is 1.32 bits per heavy atom. The number of ether oxygens (including phenoxy) is 1. The van der Waals surface area contributed by atoms with E-state index in [1.165, 1.54) is 18.2 Å². The van der Waals surface area contributed by atoms with Crippen molar-refractivity contribution in [3.63, 3.8) is 0 Å². The van der Waals surface area contributed by atoms with E-state index < -0.39 is 5.97 Å². The van der Waals surface area contributed by atoms with E-state index in [1.807, 2.05) is 0 Å². The number of aromatic hydroxyl groups is 1. The van der Waals surface area contributed by atoms with Crippen LogP contribution in [0.25, 0.3) is 0 Å². The number of nitrogens with zero attached hydrogens (tertiary/aromatic N) is 1. The fourth-order valence-corrected chi connectivity index (χ4v) is 1.52. The van der Waals surface area contributed by atoms with Gasteiger partial charge in [-0.05, 0) is 30.2 Å². The molecule has 1 aromatic rings. The maximum Gasteiger partial charge on any atom is 0.335 e. The van der Waals surface area contributed by atoms with E-state index in [2.05, 4.69) is 4.99 Å². The van der Waals surface area contributed by atoms with Gasteiger partial charge in [-0.2, -0.15) is 0 Å². The Balaban J connectivity index is 2.46. The number of phenolic OH excluding ortho intramolecular Hbond substituents is 1. The summed E-state index contributed by atoms with van der Waals surface area (Å²) in [6.07, 6.45) is 0.387. The van der Waals surface area contributed by atoms with Crippen LogP contribution in [0.3, 0.4) is 0 Å². The molecule has 7 nitrogen and oxygen atoms in total. The van der Waals surface area contributed by atoms with Crippen LogP contribution in [0.4, 0.5) is 0 Å². The van der Waals surface area contributed by atoms with Gasteiger partial charge in [-0.1, -0.05) is 0 Å². The van der Waals surface area contributed by atoms with E-state index in [-0.39, 0.29) is 17.3 Å². The van der Waals surface area contributed by atoms with Crippen molar-refractivity contribution in [2.45, 2.75) is 6.42 Å². The van der Waals surface area contributed by atoms with E-state index in [4.69, 9.17) is 21.3 Å². The third kappa shape index (κ3) is 5.26. The van der Waals surface area contributed by atoms with Crippen LogP contribution >= 0.6 is 0 Å². The number of carboxylic acids is 1. The standard InChI is InChI=1S/C12H17N3O4/c13-12(14)15-4-6-19-5-3-8-7-9(16)1-2-10(8)11(17)18/h1-2,7,16H,3-6H2,(H,17,18)(H4,13,14,15). The lowest BCUT2D eigenvalue weighted by Gasteiger charge is -2.07. The van der Waals surface area contributed by atoms with Gasteiger partial charge >= 0.3 is 5.97 Å². The minimum Gasteiger partial charge on any atom is -0.508 e. The van der Waals surface area contributed by atoms with Crippen molar-refractivity contribution in [3.8, 4) is 5.75 Å². The Morgan fingerprint density at radius 2 is 2.05 bits per heavy atom. The number of rotatable bonds is 7. The zero-order valence-electron chi connectivity index (χ0n) is 10.4. The first-order valence-corrected chi connectivity index (χ1v) is 5.69. The second-order valence-electron chi connectivity index (χ2n) is 3.82. The highest BCUT2D eigenvalue weighted by atomic mass is 16.5. The molecule has 1 aromatic carbocycles. The number of phenols is 1. The molecule has 0 aliphatic carbocycles. The molecule has 0 saturated heterocycles. The molecule has 0 amide bonds. The van der Waals surface area contributed by atoms with Crippen LogP contribution < -0.4 is 11.5 Å². The molecule has 104 valence electrons. The summed E-state index contributed by atoms with van der Waals surface area (Å²) in [5.41, 5.74) is 11.0. The number of benzene rings is 1. The Kier molecular flexibility index (Phi) is 5.62. The SMILES string of the molecule is NC(N)=NCCOCCc1cc(O)ccc1C(=O)O. The molecule has 0 spiro atoms. The number of aliphatic imine (C=N–C) groups is 1. The van der Waals surface area contributed by atoms with Crippen LogP contribution in [0.5, 0.6) is 5.75 Å². The van der Waals surface area contributed by atoms with E-state index in [1.54, 1.807) is 0 Å². The highest BCUT2D eigenvalue weighted by Crippen LogP contribution is 2.17. The molecule has 0 fully saturated rings. The summed E-state index contributed by atoms with van der Waals surface area (Å²) in [6, 6.07) is 4.13. The highest BCUT2D eigenvalue weighted by molar-refractivity contribution is 5.89. The van der Waals surface area contributed by atoms with Crippen LogP contribution in [0.15, 0.2) is 23.2 Å². The molecule has 0 aliphatic heterocycles. The van der Waals surface area contributed by atoms with Gasteiger partial charge in [-0.15, -0.1) is 0 Å². The van der Waals surface area contributed by atoms with E-state index in [0.29, 0.717) is 31.7 Å². The number of carboxylic acid groups (broad SMARTS) is 1. The molecule has 7 heteroatoms. The minimum atomic E-state index is -1.03. The van der Waals surface area contributed by atoms with E-state index in [9.17, 15) is 9.90 Å². The van der Waals surface area contributed by atoms with Gasteiger partial charge in [0, 0.05) is 0 Å². The first kappa shape index (κ1) is 14.8. The molecule has 1 rings (SSSR count). The van der Waals surface area contributed by atoms with Gasteiger partial charge in [-0.3, -0.25) is 4.99 Å². The zero-order chi connectivity index (χ0) is 14.3. The summed E-state index contributed by atoms with van der Waals surface area (Å²) in [5, 5.41) is 18.3. The van der Waals surface area contributed by atoms with Gasteiger partial charge in [0.05, 0.1) is 25.3 Å². The van der Waals surface area contributed by atoms with Gasteiger partial charge in [0.25, 0.3) is 0 Å². The minimum absolute atomic E-state index is 0.00439. The monoisotopic (exact) mass is 267 g/mol. The maximum absolute atomic E-state index is 11.0. The first-order valence-electron chi connectivity index (χ1n) is 5.69. The lowest BCUT2D eigenvalue weighted by atomic mass is 10.0. The van der Waals surface area contributed by atoms with Crippen molar-refractivity contribution in [2.24, 2.45) is 16.5 Å². The van der Waals surface area contributed by atoms with Crippen LogP contribution in [-0.4, -0.2) is 41.9 Å². The van der Waals surface area contributed by atoms with E-state index in [0.717, 1.165) is 0 Å². The predicted octanol–water partition coefficient (Wildman–Crippen LogP) is -0.0771. The number of hydrogen-bond donors (Lipinski definition) is 4. The number of aromatic carboxylic acids is 1. The largest absolute Gasteiger partial charge is 0.508 e. The second kappa shape index (κ2) is 7.22. The van der Waals surface area contributed by atoms with Gasteiger partial charge in [-0.25, -0.2) is 4.79 Å². The summed E-state index contributed by atoms with van der Waals surface area (Å²) in [6.45, 7) is 1.02. The lowest BCUT2D eigenvalue weighted by molar-refractivity contribution is 0.0695. The van der Waals surface area contributed by atoms with Crippen LogP contribution in [0.1, 0.15) is 15.9 Å². The van der Waals surface area contributed by atoms with E-state index >= 15 is 0 Å². The average Bonchev–Trinajstić information content (AvgIpc) is 2.33. The van der Waals surface area contributed by atoms with Crippen molar-refractivity contribution < 1.29 is 19.7 Å². The molecule has 0 heterocycles. The molecule has 6 N–H and O–H groups in total. The lowest BCUT2D eigenvalue weighted by Crippen LogP contribution is -2.23. The summed E-state index contributed by atoms with van der Waals surface area (Å²) < 4.78 is 5.27. The molecule has 0 bridgehead atoms. The molecule has 0 saturated carbocycles. The second-order valence-corrected chi connectivity index (χ2v) is 3.82. The van der Waals surface area contributed by atoms with Gasteiger partial charge in [0.2, 0.25) is 0 Å². The normalized spacial score (nSPS) is 10.1. The Morgan fingerprint density at radius 3 is 2.68 bits per heavy atom. The predicted molar refractivity (Wildman–Crippen MR) is 70.3 cm³/mol. The van der Waals surface area contributed by atoms with Crippen molar-refractivity contribution in [1.82, 2.24) is 0 Å². The Labute approximate surface area is 110 Å².